The molecular weight excluding hydrogens is 244 g/mol. The highest BCUT2D eigenvalue weighted by molar-refractivity contribution is 14.1. The summed E-state index contributed by atoms with van der Waals surface area (Å²) >= 11 is 1.94. The second-order valence-electron chi connectivity index (χ2n) is 2.12. The van der Waals surface area contributed by atoms with E-state index in [1.54, 1.807) is 6.07 Å². The van der Waals surface area contributed by atoms with Gasteiger partial charge in [-0.05, 0) is 47.2 Å². The summed E-state index contributed by atoms with van der Waals surface area (Å²) in [4.78, 5) is 0. The topological polar surface area (TPSA) is 26.0 Å². The summed E-state index contributed by atoms with van der Waals surface area (Å²) < 4.78 is 13.3. The van der Waals surface area contributed by atoms with Crippen LogP contribution in [0.15, 0.2) is 12.1 Å². The first-order chi connectivity index (χ1) is 4.61. The number of rotatable bonds is 0. The normalized spacial score (nSPS) is 9.90. The van der Waals surface area contributed by atoms with Gasteiger partial charge in [0.05, 0.1) is 0 Å². The Morgan fingerprint density at radius 2 is 2.10 bits per heavy atom. The molecular formula is C7H7FIN. The molecule has 0 fully saturated rings. The van der Waals surface area contributed by atoms with Gasteiger partial charge in [-0.3, -0.25) is 0 Å². The van der Waals surface area contributed by atoms with Crippen LogP contribution in [0.2, 0.25) is 0 Å². The van der Waals surface area contributed by atoms with Gasteiger partial charge < -0.3 is 5.73 Å². The van der Waals surface area contributed by atoms with E-state index < -0.39 is 0 Å². The van der Waals surface area contributed by atoms with Gasteiger partial charge in [0.1, 0.15) is 5.82 Å². The Kier molecular flexibility index (Phi) is 2.13. The molecule has 0 bridgehead atoms. The fourth-order valence-electron chi connectivity index (χ4n) is 0.662. The van der Waals surface area contributed by atoms with Crippen LogP contribution in [0.3, 0.4) is 0 Å². The Hall–Kier alpha value is -0.320. The van der Waals surface area contributed by atoms with Crippen LogP contribution in [0.1, 0.15) is 5.56 Å². The van der Waals surface area contributed by atoms with Gasteiger partial charge in [-0.15, -0.1) is 0 Å². The highest BCUT2D eigenvalue weighted by Crippen LogP contribution is 2.17. The SMILES string of the molecule is Cc1cc(I)c(F)cc1N. The monoisotopic (exact) mass is 251 g/mol. The minimum atomic E-state index is -0.247. The van der Waals surface area contributed by atoms with E-state index in [4.69, 9.17) is 5.73 Å². The third-order valence-corrected chi connectivity index (χ3v) is 2.14. The van der Waals surface area contributed by atoms with Crippen LogP contribution >= 0.6 is 22.6 Å². The molecule has 0 aliphatic heterocycles. The Balaban J connectivity index is 3.28. The molecule has 1 aromatic carbocycles. The van der Waals surface area contributed by atoms with Crippen LogP contribution in [-0.4, -0.2) is 0 Å². The van der Waals surface area contributed by atoms with Crippen molar-refractivity contribution >= 4 is 28.3 Å². The smallest absolute Gasteiger partial charge is 0.138 e. The Morgan fingerprint density at radius 3 is 2.60 bits per heavy atom. The molecule has 54 valence electrons. The van der Waals surface area contributed by atoms with Gasteiger partial charge in [-0.2, -0.15) is 0 Å². The van der Waals surface area contributed by atoms with Gasteiger partial charge in [-0.1, -0.05) is 0 Å². The first kappa shape index (κ1) is 7.78. The first-order valence-corrected chi connectivity index (χ1v) is 3.90. The lowest BCUT2D eigenvalue weighted by atomic mass is 10.2. The number of nitrogen functional groups attached to an aromatic ring is 1. The predicted octanol–water partition coefficient (Wildman–Crippen LogP) is 2.32. The Morgan fingerprint density at radius 1 is 1.50 bits per heavy atom. The lowest BCUT2D eigenvalue weighted by Gasteiger charge is -2.00. The van der Waals surface area contributed by atoms with E-state index in [2.05, 4.69) is 0 Å². The molecule has 0 amide bonds. The summed E-state index contributed by atoms with van der Waals surface area (Å²) in [6.45, 7) is 1.86. The zero-order valence-electron chi connectivity index (χ0n) is 5.49. The Labute approximate surface area is 72.6 Å². The van der Waals surface area contributed by atoms with Crippen LogP contribution in [0.25, 0.3) is 0 Å². The van der Waals surface area contributed by atoms with Crippen LogP contribution in [0.4, 0.5) is 10.1 Å². The number of hydrogen-bond donors (Lipinski definition) is 1. The number of aryl methyl sites for hydroxylation is 1. The van der Waals surface area contributed by atoms with E-state index in [1.807, 2.05) is 29.5 Å². The van der Waals surface area contributed by atoms with E-state index in [0.29, 0.717) is 9.26 Å². The van der Waals surface area contributed by atoms with Gasteiger partial charge >= 0.3 is 0 Å². The van der Waals surface area contributed by atoms with E-state index in [1.165, 1.54) is 6.07 Å². The van der Waals surface area contributed by atoms with Gasteiger partial charge in [0.15, 0.2) is 0 Å². The van der Waals surface area contributed by atoms with Crippen molar-refractivity contribution in [2.45, 2.75) is 6.92 Å². The third-order valence-electron chi connectivity index (χ3n) is 1.31. The number of hydrogen-bond acceptors (Lipinski definition) is 1. The summed E-state index contributed by atoms with van der Waals surface area (Å²) in [6, 6.07) is 3.07. The molecule has 0 saturated carbocycles. The zero-order valence-corrected chi connectivity index (χ0v) is 7.65. The molecule has 3 heteroatoms. The molecule has 0 aromatic heterocycles. The second kappa shape index (κ2) is 2.74. The maximum Gasteiger partial charge on any atom is 0.138 e. The molecule has 0 heterocycles. The Bertz CT molecular complexity index is 210. The van der Waals surface area contributed by atoms with Crippen molar-refractivity contribution < 1.29 is 4.39 Å². The zero-order chi connectivity index (χ0) is 7.72. The second-order valence-corrected chi connectivity index (χ2v) is 3.29. The predicted molar refractivity (Wildman–Crippen MR) is 48.3 cm³/mol. The molecule has 1 rings (SSSR count). The van der Waals surface area contributed by atoms with E-state index in [-0.39, 0.29) is 5.82 Å². The summed E-state index contributed by atoms with van der Waals surface area (Å²) in [5.74, 6) is -0.247. The standard InChI is InChI=1S/C7H7FIN/c1-4-2-6(9)5(8)3-7(4)10/h2-3H,10H2,1H3. The van der Waals surface area contributed by atoms with Crippen molar-refractivity contribution in [2.24, 2.45) is 0 Å². The van der Waals surface area contributed by atoms with Crippen molar-refractivity contribution in [3.05, 3.63) is 27.1 Å². The average molecular weight is 251 g/mol. The molecule has 2 N–H and O–H groups in total. The first-order valence-electron chi connectivity index (χ1n) is 2.82. The summed E-state index contributed by atoms with van der Waals surface area (Å²) in [7, 11) is 0. The van der Waals surface area contributed by atoms with Gasteiger partial charge in [-0.25, -0.2) is 4.39 Å². The van der Waals surface area contributed by atoms with Crippen molar-refractivity contribution in [1.29, 1.82) is 0 Å². The summed E-state index contributed by atoms with van der Waals surface area (Å²) in [6.07, 6.45) is 0. The molecule has 0 unspecified atom stereocenters. The molecule has 0 aliphatic carbocycles. The van der Waals surface area contributed by atoms with Crippen LogP contribution in [0.5, 0.6) is 0 Å². The van der Waals surface area contributed by atoms with Crippen molar-refractivity contribution in [2.75, 3.05) is 5.73 Å². The number of nitrogens with two attached hydrogens (primary N) is 1. The minimum Gasteiger partial charge on any atom is -0.398 e. The quantitative estimate of drug-likeness (QED) is 0.555. The van der Waals surface area contributed by atoms with Crippen LogP contribution in [0, 0.1) is 16.3 Å². The lowest BCUT2D eigenvalue weighted by molar-refractivity contribution is 0.620. The van der Waals surface area contributed by atoms with Gasteiger partial charge in [0, 0.05) is 9.26 Å². The maximum atomic E-state index is 12.7. The molecule has 0 saturated heterocycles. The number of anilines is 1. The number of halogens is 2. The highest BCUT2D eigenvalue weighted by Gasteiger charge is 2.00. The minimum absolute atomic E-state index is 0.247. The maximum absolute atomic E-state index is 12.7. The molecule has 1 aromatic rings. The highest BCUT2D eigenvalue weighted by atomic mass is 127. The number of benzene rings is 1. The summed E-state index contributed by atoms with van der Waals surface area (Å²) in [5, 5.41) is 0. The lowest BCUT2D eigenvalue weighted by Crippen LogP contribution is -1.92. The van der Waals surface area contributed by atoms with Crippen molar-refractivity contribution in [3.8, 4) is 0 Å². The molecule has 0 atom stereocenters. The fourth-order valence-corrected chi connectivity index (χ4v) is 1.28. The largest absolute Gasteiger partial charge is 0.398 e. The molecule has 10 heavy (non-hydrogen) atoms. The third kappa shape index (κ3) is 1.39. The van der Waals surface area contributed by atoms with E-state index in [9.17, 15) is 4.39 Å². The molecule has 0 radical (unpaired) electrons. The molecule has 0 aliphatic rings. The summed E-state index contributed by atoms with van der Waals surface area (Å²) in [5.41, 5.74) is 6.88. The van der Waals surface area contributed by atoms with Gasteiger partial charge in [0.25, 0.3) is 0 Å². The van der Waals surface area contributed by atoms with E-state index >= 15 is 0 Å². The van der Waals surface area contributed by atoms with Crippen molar-refractivity contribution in [3.63, 3.8) is 0 Å². The van der Waals surface area contributed by atoms with Gasteiger partial charge in [0.2, 0.25) is 0 Å². The average Bonchev–Trinajstić information content (AvgIpc) is 1.84. The fraction of sp³-hybridized carbons (Fsp3) is 0.143. The van der Waals surface area contributed by atoms with Crippen LogP contribution < -0.4 is 5.73 Å². The molecule has 1 nitrogen and oxygen atoms in total. The van der Waals surface area contributed by atoms with E-state index in [0.717, 1.165) is 5.56 Å². The van der Waals surface area contributed by atoms with Crippen molar-refractivity contribution in [1.82, 2.24) is 0 Å². The van der Waals surface area contributed by atoms with Crippen LogP contribution in [-0.2, 0) is 0 Å². The molecule has 0 spiro atoms.